The number of carbonyl (C=O) groups is 1. The minimum atomic E-state index is -0.667. The van der Waals surface area contributed by atoms with Gasteiger partial charge >= 0.3 is 5.97 Å². The van der Waals surface area contributed by atoms with E-state index in [9.17, 15) is 4.79 Å². The molecule has 3 atom stereocenters. The van der Waals surface area contributed by atoms with E-state index < -0.39 is 5.79 Å². The number of hydrogen-bond acceptors (Lipinski definition) is 4. The number of ether oxygens (including phenoxy) is 3. The summed E-state index contributed by atoms with van der Waals surface area (Å²) in [7, 11) is 1.45. The van der Waals surface area contributed by atoms with Crippen LogP contribution in [0, 0.1) is 5.92 Å². The van der Waals surface area contributed by atoms with Crippen LogP contribution in [0.4, 0.5) is 0 Å². The van der Waals surface area contributed by atoms with E-state index in [1.807, 2.05) is 0 Å². The normalized spacial score (nSPS) is 38.4. The lowest BCUT2D eigenvalue weighted by Crippen LogP contribution is -2.40. The van der Waals surface area contributed by atoms with Crippen molar-refractivity contribution in [2.45, 2.75) is 69.4 Å². The Morgan fingerprint density at radius 1 is 1.06 bits per heavy atom. The first-order valence-electron chi connectivity index (χ1n) is 7.19. The molecular weight excluding hydrogens is 232 g/mol. The summed E-state index contributed by atoms with van der Waals surface area (Å²) in [6, 6.07) is 0. The maximum absolute atomic E-state index is 11.9. The molecule has 1 spiro atoms. The van der Waals surface area contributed by atoms with Gasteiger partial charge in [-0.05, 0) is 25.7 Å². The molecule has 0 aromatic carbocycles. The summed E-state index contributed by atoms with van der Waals surface area (Å²) in [5.41, 5.74) is 0. The lowest BCUT2D eigenvalue weighted by Gasteiger charge is -2.28. The summed E-state index contributed by atoms with van der Waals surface area (Å²) in [4.78, 5) is 11.9. The summed E-state index contributed by atoms with van der Waals surface area (Å²) in [5.74, 6) is -1.07. The first kappa shape index (κ1) is 12.4. The maximum atomic E-state index is 11.9. The number of fused-ring (bicyclic) bond motifs is 1. The van der Waals surface area contributed by atoms with E-state index in [1.165, 1.54) is 26.4 Å². The van der Waals surface area contributed by atoms with E-state index >= 15 is 0 Å². The molecule has 0 N–H and O–H groups in total. The fourth-order valence-electron chi connectivity index (χ4n) is 3.72. The van der Waals surface area contributed by atoms with Crippen LogP contribution < -0.4 is 0 Å². The Morgan fingerprint density at radius 2 is 1.72 bits per heavy atom. The Morgan fingerprint density at radius 3 is 2.33 bits per heavy atom. The molecule has 0 bridgehead atoms. The van der Waals surface area contributed by atoms with Crippen molar-refractivity contribution in [1.29, 1.82) is 0 Å². The highest BCUT2D eigenvalue weighted by Crippen LogP contribution is 2.48. The number of hydrogen-bond donors (Lipinski definition) is 0. The monoisotopic (exact) mass is 254 g/mol. The highest BCUT2D eigenvalue weighted by atomic mass is 16.8. The van der Waals surface area contributed by atoms with E-state index in [0.717, 1.165) is 32.1 Å². The minimum Gasteiger partial charge on any atom is -0.469 e. The predicted octanol–water partition coefficient (Wildman–Crippen LogP) is 2.40. The molecule has 0 radical (unpaired) electrons. The molecule has 2 aliphatic carbocycles. The zero-order chi connectivity index (χ0) is 12.6. The first-order valence-corrected chi connectivity index (χ1v) is 7.19. The molecule has 0 amide bonds. The molecule has 1 unspecified atom stereocenters. The third-order valence-electron chi connectivity index (χ3n) is 4.63. The lowest BCUT2D eigenvalue weighted by atomic mass is 10.0. The van der Waals surface area contributed by atoms with Gasteiger partial charge < -0.3 is 14.2 Å². The Labute approximate surface area is 108 Å². The Bertz CT molecular complexity index is 314. The molecule has 4 heteroatoms. The van der Waals surface area contributed by atoms with Crippen molar-refractivity contribution in [2.75, 3.05) is 7.11 Å². The van der Waals surface area contributed by atoms with Crippen molar-refractivity contribution in [3.05, 3.63) is 0 Å². The minimum absolute atomic E-state index is 0.177. The van der Waals surface area contributed by atoms with Crippen LogP contribution in [0.3, 0.4) is 0 Å². The molecule has 3 fully saturated rings. The van der Waals surface area contributed by atoms with E-state index in [-0.39, 0.29) is 24.1 Å². The van der Waals surface area contributed by atoms with Crippen LogP contribution in [-0.4, -0.2) is 31.1 Å². The number of carbonyl (C=O) groups excluding carboxylic acids is 1. The zero-order valence-corrected chi connectivity index (χ0v) is 11.0. The van der Waals surface area contributed by atoms with Gasteiger partial charge in [-0.15, -0.1) is 0 Å². The van der Waals surface area contributed by atoms with E-state index in [2.05, 4.69) is 0 Å². The molecule has 0 aromatic rings. The summed E-state index contributed by atoms with van der Waals surface area (Å²) in [5, 5.41) is 0. The van der Waals surface area contributed by atoms with Gasteiger partial charge in [0.25, 0.3) is 0 Å². The van der Waals surface area contributed by atoms with Gasteiger partial charge in [0.15, 0.2) is 5.79 Å². The fourth-order valence-corrected chi connectivity index (χ4v) is 3.72. The van der Waals surface area contributed by atoms with Gasteiger partial charge in [-0.1, -0.05) is 19.3 Å². The van der Waals surface area contributed by atoms with Crippen LogP contribution in [-0.2, 0) is 19.0 Å². The van der Waals surface area contributed by atoms with Gasteiger partial charge in [-0.3, -0.25) is 4.79 Å². The van der Waals surface area contributed by atoms with Gasteiger partial charge in [0.1, 0.15) is 5.92 Å². The molecule has 1 aliphatic heterocycles. The second-order valence-corrected chi connectivity index (χ2v) is 5.73. The summed E-state index contributed by atoms with van der Waals surface area (Å²) in [6.45, 7) is 0. The third kappa shape index (κ3) is 1.95. The SMILES string of the molecule is COC(=O)C1CCCC12O[C@@H]1CCCCC[C@H]1O2. The van der Waals surface area contributed by atoms with Crippen molar-refractivity contribution < 1.29 is 19.0 Å². The van der Waals surface area contributed by atoms with Crippen LogP contribution in [0.15, 0.2) is 0 Å². The molecule has 4 nitrogen and oxygen atoms in total. The second kappa shape index (κ2) is 4.82. The van der Waals surface area contributed by atoms with Crippen LogP contribution >= 0.6 is 0 Å². The van der Waals surface area contributed by atoms with Gasteiger partial charge in [-0.25, -0.2) is 0 Å². The van der Waals surface area contributed by atoms with Crippen molar-refractivity contribution in [2.24, 2.45) is 5.92 Å². The molecule has 3 rings (SSSR count). The van der Waals surface area contributed by atoms with Gasteiger partial charge in [0.2, 0.25) is 0 Å². The van der Waals surface area contributed by atoms with Crippen molar-refractivity contribution in [3.63, 3.8) is 0 Å². The number of rotatable bonds is 1. The molecule has 1 heterocycles. The van der Waals surface area contributed by atoms with Crippen molar-refractivity contribution in [1.82, 2.24) is 0 Å². The molecule has 0 aromatic heterocycles. The molecule has 102 valence electrons. The van der Waals surface area contributed by atoms with Gasteiger partial charge in [-0.2, -0.15) is 0 Å². The highest BCUT2D eigenvalue weighted by Gasteiger charge is 2.57. The quantitative estimate of drug-likeness (QED) is 0.674. The predicted molar refractivity (Wildman–Crippen MR) is 64.9 cm³/mol. The smallest absolute Gasteiger partial charge is 0.314 e. The molecule has 3 aliphatic rings. The van der Waals surface area contributed by atoms with Gasteiger partial charge in [0, 0.05) is 6.42 Å². The molecular formula is C14H22O4. The average Bonchev–Trinajstić information content (AvgIpc) is 2.87. The largest absolute Gasteiger partial charge is 0.469 e. The maximum Gasteiger partial charge on any atom is 0.314 e. The molecule has 18 heavy (non-hydrogen) atoms. The molecule has 1 saturated heterocycles. The van der Waals surface area contributed by atoms with Crippen LogP contribution in [0.5, 0.6) is 0 Å². The Balaban J connectivity index is 1.77. The average molecular weight is 254 g/mol. The van der Waals surface area contributed by atoms with Gasteiger partial charge in [0.05, 0.1) is 19.3 Å². The van der Waals surface area contributed by atoms with Crippen LogP contribution in [0.2, 0.25) is 0 Å². The zero-order valence-electron chi connectivity index (χ0n) is 11.0. The number of methoxy groups -OCH3 is 1. The fraction of sp³-hybridized carbons (Fsp3) is 0.929. The standard InChI is InChI=1S/C14H22O4/c1-16-13(15)10-6-5-9-14(10)17-11-7-3-2-4-8-12(11)18-14/h10-12H,2-9H2,1H3/t10?,11-,12-/m1/s1. The Kier molecular flexibility index (Phi) is 3.32. The highest BCUT2D eigenvalue weighted by molar-refractivity contribution is 5.74. The molecule has 2 saturated carbocycles. The second-order valence-electron chi connectivity index (χ2n) is 5.73. The summed E-state index contributed by atoms with van der Waals surface area (Å²) in [6.07, 6.45) is 8.86. The van der Waals surface area contributed by atoms with E-state index in [1.54, 1.807) is 0 Å². The summed E-state index contributed by atoms with van der Waals surface area (Å²) >= 11 is 0. The van der Waals surface area contributed by atoms with E-state index in [0.29, 0.717) is 0 Å². The third-order valence-corrected chi connectivity index (χ3v) is 4.63. The summed E-state index contributed by atoms with van der Waals surface area (Å²) < 4.78 is 17.3. The lowest BCUT2D eigenvalue weighted by molar-refractivity contribution is -0.210. The van der Waals surface area contributed by atoms with Crippen LogP contribution in [0.1, 0.15) is 51.4 Å². The first-order chi connectivity index (χ1) is 8.75. The van der Waals surface area contributed by atoms with Crippen LogP contribution in [0.25, 0.3) is 0 Å². The van der Waals surface area contributed by atoms with Crippen molar-refractivity contribution in [3.8, 4) is 0 Å². The topological polar surface area (TPSA) is 44.8 Å². The number of esters is 1. The Hall–Kier alpha value is -0.610. The van der Waals surface area contributed by atoms with E-state index in [4.69, 9.17) is 14.2 Å². The van der Waals surface area contributed by atoms with Crippen molar-refractivity contribution >= 4 is 5.97 Å².